The highest BCUT2D eigenvalue weighted by Crippen LogP contribution is 2.48. The Kier molecular flexibility index (Phi) is 8.08. The maximum atomic E-state index is 14.9. The molecule has 0 saturated heterocycles. The summed E-state index contributed by atoms with van der Waals surface area (Å²) in [6.07, 6.45) is 1.32. The van der Waals surface area contributed by atoms with E-state index in [-0.39, 0.29) is 35.6 Å². The smallest absolute Gasteiger partial charge is 0.341 e. The number of ether oxygens (including phenoxy) is 2. The van der Waals surface area contributed by atoms with Gasteiger partial charge in [0, 0.05) is 42.1 Å². The van der Waals surface area contributed by atoms with Crippen LogP contribution >= 0.6 is 11.6 Å². The Hall–Kier alpha value is -4.22. The number of carbonyl (C=O) groups is 3. The minimum absolute atomic E-state index is 0.0581. The van der Waals surface area contributed by atoms with Crippen molar-refractivity contribution >= 4 is 40.8 Å². The Balaban J connectivity index is 1.44. The van der Waals surface area contributed by atoms with E-state index in [1.807, 2.05) is 0 Å². The maximum Gasteiger partial charge on any atom is 0.341 e. The van der Waals surface area contributed by atoms with Crippen LogP contribution in [-0.2, 0) is 19.1 Å². The van der Waals surface area contributed by atoms with Gasteiger partial charge in [0.25, 0.3) is 5.56 Å². The zero-order chi connectivity index (χ0) is 27.4. The molecule has 2 amide bonds. The van der Waals surface area contributed by atoms with Crippen molar-refractivity contribution in [3.05, 3.63) is 82.0 Å². The van der Waals surface area contributed by atoms with Crippen LogP contribution in [0, 0.1) is 23.6 Å². The van der Waals surface area contributed by atoms with Gasteiger partial charge in [-0.25, -0.2) is 9.18 Å². The molecule has 38 heavy (non-hydrogen) atoms. The predicted molar refractivity (Wildman–Crippen MR) is 136 cm³/mol. The maximum absolute atomic E-state index is 14.9. The van der Waals surface area contributed by atoms with Crippen LogP contribution in [0.1, 0.15) is 0 Å². The molecule has 0 aliphatic heterocycles. The zero-order valence-corrected chi connectivity index (χ0v) is 20.8. The fourth-order valence-corrected chi connectivity index (χ4v) is 4.25. The van der Waals surface area contributed by atoms with Gasteiger partial charge < -0.3 is 25.2 Å². The molecular weight excluding hydrogens is 521 g/mol. The molecule has 1 fully saturated rings. The average Bonchev–Trinajstić information content (AvgIpc) is 3.60. The number of rotatable bonds is 10. The van der Waals surface area contributed by atoms with E-state index in [4.69, 9.17) is 26.2 Å². The Morgan fingerprint density at radius 2 is 1.71 bits per heavy atom. The van der Waals surface area contributed by atoms with E-state index in [2.05, 4.69) is 10.6 Å². The molecular formula is C26H23ClFN3O7. The number of pyridine rings is 1. The number of carboxylic acid groups (broad SMARTS) is 1. The van der Waals surface area contributed by atoms with Crippen molar-refractivity contribution in [2.45, 2.75) is 0 Å². The first-order valence-electron chi connectivity index (χ1n) is 11.4. The highest BCUT2D eigenvalue weighted by atomic mass is 35.5. The number of anilines is 2. The molecule has 198 valence electrons. The van der Waals surface area contributed by atoms with Gasteiger partial charge >= 0.3 is 5.97 Å². The topological polar surface area (TPSA) is 136 Å². The van der Waals surface area contributed by atoms with Crippen LogP contribution < -0.4 is 20.9 Å². The summed E-state index contributed by atoms with van der Waals surface area (Å²) in [5.41, 5.74) is 0.0197. The zero-order valence-electron chi connectivity index (χ0n) is 20.0. The highest BCUT2D eigenvalue weighted by Gasteiger charge is 2.58. The monoisotopic (exact) mass is 543 g/mol. The van der Waals surface area contributed by atoms with Crippen LogP contribution in [0.15, 0.2) is 65.6 Å². The van der Waals surface area contributed by atoms with Crippen molar-refractivity contribution in [3.63, 3.8) is 0 Å². The molecule has 12 heteroatoms. The van der Waals surface area contributed by atoms with Crippen LogP contribution in [0.3, 0.4) is 0 Å². The van der Waals surface area contributed by atoms with Gasteiger partial charge in [-0.2, -0.15) is 0 Å². The van der Waals surface area contributed by atoms with E-state index in [0.717, 1.165) is 16.7 Å². The van der Waals surface area contributed by atoms with E-state index in [9.17, 15) is 23.6 Å². The molecule has 0 radical (unpaired) electrons. The summed E-state index contributed by atoms with van der Waals surface area (Å²) in [7, 11) is 1.46. The summed E-state index contributed by atoms with van der Waals surface area (Å²) in [5.74, 6) is -4.58. The average molecular weight is 544 g/mol. The number of nitrogens with zero attached hydrogens (tertiary/aromatic N) is 1. The molecule has 1 saturated carbocycles. The van der Waals surface area contributed by atoms with E-state index in [0.29, 0.717) is 10.7 Å². The molecule has 3 unspecified atom stereocenters. The third-order valence-corrected chi connectivity index (χ3v) is 6.24. The fourth-order valence-electron chi connectivity index (χ4n) is 4.13. The first kappa shape index (κ1) is 26.8. The number of halogens is 2. The summed E-state index contributed by atoms with van der Waals surface area (Å²) in [6.45, 7) is -0.435. The molecule has 1 aliphatic carbocycles. The number of nitrogens with one attached hydrogen (secondary N) is 2. The van der Waals surface area contributed by atoms with E-state index >= 15 is 0 Å². The van der Waals surface area contributed by atoms with Gasteiger partial charge in [-0.15, -0.1) is 0 Å². The second-order valence-corrected chi connectivity index (χ2v) is 9.01. The Labute approximate surface area is 220 Å². The van der Waals surface area contributed by atoms with E-state index < -0.39 is 41.7 Å². The number of aliphatic carboxylic acids is 1. The van der Waals surface area contributed by atoms with Crippen molar-refractivity contribution in [1.29, 1.82) is 0 Å². The van der Waals surface area contributed by atoms with Gasteiger partial charge in [-0.3, -0.25) is 19.0 Å². The summed E-state index contributed by atoms with van der Waals surface area (Å²) in [4.78, 5) is 48.7. The molecule has 10 nitrogen and oxygen atoms in total. The molecule has 1 heterocycles. The number of hydrogen-bond donors (Lipinski definition) is 3. The second kappa shape index (κ2) is 11.4. The lowest BCUT2D eigenvalue weighted by Gasteiger charge is -2.11. The molecule has 3 aromatic rings. The third kappa shape index (κ3) is 6.18. The van der Waals surface area contributed by atoms with E-state index in [1.165, 1.54) is 31.5 Å². The molecule has 3 N–H and O–H groups in total. The Morgan fingerprint density at radius 3 is 2.32 bits per heavy atom. The van der Waals surface area contributed by atoms with Crippen molar-refractivity contribution in [2.24, 2.45) is 17.8 Å². The molecule has 1 aromatic heterocycles. The van der Waals surface area contributed by atoms with Crippen molar-refractivity contribution in [3.8, 4) is 11.4 Å². The number of carboxylic acids is 1. The van der Waals surface area contributed by atoms with Crippen LogP contribution in [0.5, 0.6) is 5.75 Å². The molecule has 0 bridgehead atoms. The fraction of sp³-hybridized carbons (Fsp3) is 0.231. The molecule has 4 rings (SSSR count). The number of amides is 2. The summed E-state index contributed by atoms with van der Waals surface area (Å²) < 4.78 is 26.1. The lowest BCUT2D eigenvalue weighted by Crippen LogP contribution is -2.21. The summed E-state index contributed by atoms with van der Waals surface area (Å²) >= 11 is 5.87. The van der Waals surface area contributed by atoms with Gasteiger partial charge in [0.15, 0.2) is 6.61 Å². The largest absolute Gasteiger partial charge is 0.482 e. The van der Waals surface area contributed by atoms with Gasteiger partial charge in [0.2, 0.25) is 11.8 Å². The van der Waals surface area contributed by atoms with Gasteiger partial charge in [-0.05, 0) is 42.5 Å². The summed E-state index contributed by atoms with van der Waals surface area (Å²) in [6, 6.07) is 12.8. The Morgan fingerprint density at radius 1 is 1.03 bits per heavy atom. The second-order valence-electron chi connectivity index (χ2n) is 8.57. The lowest BCUT2D eigenvalue weighted by atomic mass is 10.2. The third-order valence-electron chi connectivity index (χ3n) is 5.99. The number of benzene rings is 2. The van der Waals surface area contributed by atoms with Crippen molar-refractivity contribution < 1.29 is 33.4 Å². The predicted octanol–water partition coefficient (Wildman–Crippen LogP) is 3.18. The van der Waals surface area contributed by atoms with Crippen molar-refractivity contribution in [2.75, 3.05) is 31.0 Å². The van der Waals surface area contributed by atoms with Crippen LogP contribution in [0.4, 0.5) is 15.8 Å². The first-order chi connectivity index (χ1) is 18.2. The van der Waals surface area contributed by atoms with Crippen LogP contribution in [0.25, 0.3) is 5.69 Å². The number of carbonyl (C=O) groups excluding carboxylic acids is 2. The van der Waals surface area contributed by atoms with E-state index in [1.54, 1.807) is 24.3 Å². The number of methoxy groups -OCH3 is 1. The SMILES string of the molecule is COCC1C(C(=O)Nc2ccc(Cl)cc2)C1C(=O)Nc1ccc(-n2ccc(OCC(=O)O)cc2=O)cc1F. The van der Waals surface area contributed by atoms with Gasteiger partial charge in [0.05, 0.1) is 29.8 Å². The lowest BCUT2D eigenvalue weighted by molar-refractivity contribution is -0.139. The molecule has 1 aliphatic rings. The van der Waals surface area contributed by atoms with Crippen LogP contribution in [0.2, 0.25) is 5.02 Å². The minimum atomic E-state index is -1.19. The quantitative estimate of drug-likeness (QED) is 0.357. The summed E-state index contributed by atoms with van der Waals surface area (Å²) in [5, 5.41) is 14.5. The molecule has 0 spiro atoms. The normalized spacial score (nSPS) is 17.9. The molecule has 3 atom stereocenters. The standard InChI is InChI=1S/C26H23ClFN3O7/c1-37-12-18-23(25(35)29-15-4-2-14(27)3-5-15)24(18)26(36)30-20-7-6-16(10-19(20)28)31-9-8-17(11-21(31)32)38-13-22(33)34/h2-11,18,23-24H,12-13H2,1H3,(H,29,35)(H,30,36)(H,33,34). The van der Waals surface area contributed by atoms with Crippen molar-refractivity contribution in [1.82, 2.24) is 4.57 Å². The minimum Gasteiger partial charge on any atom is -0.482 e. The number of aromatic nitrogens is 1. The Bertz CT molecular complexity index is 1430. The molecule has 2 aromatic carbocycles. The van der Waals surface area contributed by atoms with Gasteiger partial charge in [-0.1, -0.05) is 11.6 Å². The highest BCUT2D eigenvalue weighted by molar-refractivity contribution is 6.30. The number of hydrogen-bond acceptors (Lipinski definition) is 6. The van der Waals surface area contributed by atoms with Crippen LogP contribution in [-0.4, -0.2) is 47.8 Å². The van der Waals surface area contributed by atoms with Gasteiger partial charge in [0.1, 0.15) is 11.6 Å². The first-order valence-corrected chi connectivity index (χ1v) is 11.8.